The molecule has 1 atom stereocenters. The van der Waals surface area contributed by atoms with E-state index >= 15 is 0 Å². The molecule has 0 saturated heterocycles. The largest absolute Gasteiger partial charge is 0.480 e. The molecule has 2 rings (SSSR count). The standard InChI is InChI=1S/C17H27BN2O4/c19-17(16(21)22,8-4-5-9-18(23)24)14-10-15(11-14)20-12-13-6-2-1-3-7-13/h1-3,6-7,14-15,20,23-24H,4-5,8-12,19H2,(H,21,22). The lowest BCUT2D eigenvalue weighted by Gasteiger charge is -2.45. The minimum absolute atomic E-state index is 0.0395. The Hall–Kier alpha value is -1.41. The van der Waals surface area contributed by atoms with Crippen LogP contribution in [0.1, 0.15) is 37.7 Å². The van der Waals surface area contributed by atoms with E-state index < -0.39 is 18.6 Å². The van der Waals surface area contributed by atoms with Crippen molar-refractivity contribution in [2.75, 3.05) is 0 Å². The number of nitrogens with one attached hydrogen (secondary N) is 1. The molecule has 0 aliphatic heterocycles. The monoisotopic (exact) mass is 334 g/mol. The number of unbranched alkanes of at least 4 members (excludes halogenated alkanes) is 1. The fourth-order valence-electron chi connectivity index (χ4n) is 3.29. The van der Waals surface area contributed by atoms with Crippen LogP contribution in [0.4, 0.5) is 0 Å². The zero-order chi connectivity index (χ0) is 17.6. The summed E-state index contributed by atoms with van der Waals surface area (Å²) in [5.74, 6) is -0.999. The van der Waals surface area contributed by atoms with E-state index in [9.17, 15) is 9.90 Å². The van der Waals surface area contributed by atoms with Gasteiger partial charge in [0.2, 0.25) is 0 Å². The molecule has 0 aromatic heterocycles. The van der Waals surface area contributed by atoms with Crippen molar-refractivity contribution >= 4 is 13.1 Å². The van der Waals surface area contributed by atoms with Crippen molar-refractivity contribution in [3.63, 3.8) is 0 Å². The molecule has 1 fully saturated rings. The quantitative estimate of drug-likeness (QED) is 0.322. The first-order valence-electron chi connectivity index (χ1n) is 8.57. The fraction of sp³-hybridized carbons (Fsp3) is 0.588. The van der Waals surface area contributed by atoms with Gasteiger partial charge in [-0.25, -0.2) is 0 Å². The summed E-state index contributed by atoms with van der Waals surface area (Å²) < 4.78 is 0. The number of benzene rings is 1. The Bertz CT molecular complexity index is 523. The SMILES string of the molecule is NC(CCCCB(O)O)(C(=O)O)C1CC(NCc2ccccc2)C1. The summed E-state index contributed by atoms with van der Waals surface area (Å²) in [5, 5.41) is 30.7. The number of nitrogens with two attached hydrogens (primary N) is 1. The van der Waals surface area contributed by atoms with Gasteiger partial charge in [-0.1, -0.05) is 43.2 Å². The van der Waals surface area contributed by atoms with Crippen LogP contribution in [0.5, 0.6) is 0 Å². The van der Waals surface area contributed by atoms with Crippen LogP contribution in [0.15, 0.2) is 30.3 Å². The van der Waals surface area contributed by atoms with Crippen molar-refractivity contribution in [3.05, 3.63) is 35.9 Å². The lowest BCUT2D eigenvalue weighted by atomic mass is 9.66. The molecule has 6 nitrogen and oxygen atoms in total. The molecule has 1 unspecified atom stereocenters. The van der Waals surface area contributed by atoms with Crippen LogP contribution in [-0.2, 0) is 11.3 Å². The number of rotatable bonds is 10. The molecule has 0 heterocycles. The van der Waals surface area contributed by atoms with Gasteiger partial charge in [0.05, 0.1) is 0 Å². The third-order valence-corrected chi connectivity index (χ3v) is 5.01. The molecule has 0 radical (unpaired) electrons. The van der Waals surface area contributed by atoms with Crippen LogP contribution in [0, 0.1) is 5.92 Å². The predicted octanol–water partition coefficient (Wildman–Crippen LogP) is 0.980. The third kappa shape index (κ3) is 5.04. The van der Waals surface area contributed by atoms with Crippen molar-refractivity contribution in [1.82, 2.24) is 5.32 Å². The average Bonchev–Trinajstić information content (AvgIpc) is 2.50. The van der Waals surface area contributed by atoms with Crippen molar-refractivity contribution < 1.29 is 19.9 Å². The summed E-state index contributed by atoms with van der Waals surface area (Å²) in [6.07, 6.45) is 3.29. The van der Waals surface area contributed by atoms with Crippen molar-refractivity contribution in [3.8, 4) is 0 Å². The normalized spacial score (nSPS) is 22.5. The molecule has 1 saturated carbocycles. The van der Waals surface area contributed by atoms with E-state index in [4.69, 9.17) is 15.8 Å². The Morgan fingerprint density at radius 1 is 1.25 bits per heavy atom. The number of hydrogen-bond donors (Lipinski definition) is 5. The van der Waals surface area contributed by atoms with E-state index in [2.05, 4.69) is 17.4 Å². The molecule has 1 aromatic rings. The molecular weight excluding hydrogens is 307 g/mol. The zero-order valence-corrected chi connectivity index (χ0v) is 13.9. The minimum Gasteiger partial charge on any atom is -0.480 e. The van der Waals surface area contributed by atoms with Gasteiger partial charge in [0.15, 0.2) is 0 Å². The van der Waals surface area contributed by atoms with E-state index in [-0.39, 0.29) is 12.2 Å². The van der Waals surface area contributed by atoms with Gasteiger partial charge < -0.3 is 26.2 Å². The summed E-state index contributed by atoms with van der Waals surface area (Å²) in [7, 11) is -1.34. The molecule has 1 aromatic carbocycles. The minimum atomic E-state index is -1.34. The summed E-state index contributed by atoms with van der Waals surface area (Å²) in [4.78, 5) is 11.6. The molecule has 132 valence electrons. The Morgan fingerprint density at radius 3 is 2.50 bits per heavy atom. The Balaban J connectivity index is 1.76. The van der Waals surface area contributed by atoms with Gasteiger partial charge in [-0.3, -0.25) is 4.79 Å². The van der Waals surface area contributed by atoms with Gasteiger partial charge in [-0.05, 0) is 37.1 Å². The first kappa shape index (κ1) is 18.9. The first-order valence-corrected chi connectivity index (χ1v) is 8.57. The average molecular weight is 334 g/mol. The number of carboxylic acid groups (broad SMARTS) is 1. The third-order valence-electron chi connectivity index (χ3n) is 5.01. The highest BCUT2D eigenvalue weighted by molar-refractivity contribution is 6.40. The second-order valence-electron chi connectivity index (χ2n) is 6.80. The maximum absolute atomic E-state index is 11.6. The summed E-state index contributed by atoms with van der Waals surface area (Å²) in [6.45, 7) is 0.775. The summed E-state index contributed by atoms with van der Waals surface area (Å²) >= 11 is 0. The fourth-order valence-corrected chi connectivity index (χ4v) is 3.29. The van der Waals surface area contributed by atoms with Crippen LogP contribution in [-0.4, -0.2) is 39.8 Å². The highest BCUT2D eigenvalue weighted by Gasteiger charge is 2.47. The Labute approximate surface area is 143 Å². The smallest absolute Gasteiger partial charge is 0.451 e. The molecule has 0 amide bonds. The molecule has 1 aliphatic rings. The van der Waals surface area contributed by atoms with Gasteiger partial charge in [0.1, 0.15) is 5.54 Å². The van der Waals surface area contributed by atoms with Crippen LogP contribution < -0.4 is 11.1 Å². The number of aliphatic carboxylic acids is 1. The van der Waals surface area contributed by atoms with Crippen molar-refractivity contribution in [2.45, 2.75) is 56.5 Å². The number of hydrogen-bond acceptors (Lipinski definition) is 5. The molecular formula is C17H27BN2O4. The molecule has 6 N–H and O–H groups in total. The van der Waals surface area contributed by atoms with Gasteiger partial charge >= 0.3 is 13.1 Å². The molecule has 7 heteroatoms. The van der Waals surface area contributed by atoms with Gasteiger partial charge in [-0.15, -0.1) is 0 Å². The maximum atomic E-state index is 11.6. The highest BCUT2D eigenvalue weighted by atomic mass is 16.4. The van der Waals surface area contributed by atoms with E-state index in [0.29, 0.717) is 25.3 Å². The summed E-state index contributed by atoms with van der Waals surface area (Å²) in [6, 6.07) is 10.4. The van der Waals surface area contributed by atoms with Gasteiger partial charge in [0.25, 0.3) is 0 Å². The second-order valence-corrected chi connectivity index (χ2v) is 6.80. The van der Waals surface area contributed by atoms with E-state index in [1.165, 1.54) is 5.56 Å². The Morgan fingerprint density at radius 2 is 1.92 bits per heavy atom. The second kappa shape index (κ2) is 8.62. The van der Waals surface area contributed by atoms with Gasteiger partial charge in [0, 0.05) is 12.6 Å². The van der Waals surface area contributed by atoms with Crippen LogP contribution in [0.25, 0.3) is 0 Å². The van der Waals surface area contributed by atoms with Crippen LogP contribution in [0.3, 0.4) is 0 Å². The molecule has 24 heavy (non-hydrogen) atoms. The van der Waals surface area contributed by atoms with E-state index in [1.54, 1.807) is 0 Å². The molecule has 0 bridgehead atoms. The van der Waals surface area contributed by atoms with Crippen molar-refractivity contribution in [1.29, 1.82) is 0 Å². The topological polar surface area (TPSA) is 116 Å². The zero-order valence-electron chi connectivity index (χ0n) is 13.9. The van der Waals surface area contributed by atoms with E-state index in [0.717, 1.165) is 19.4 Å². The van der Waals surface area contributed by atoms with Crippen LogP contribution >= 0.6 is 0 Å². The molecule has 0 spiro atoms. The number of carboxylic acids is 1. The summed E-state index contributed by atoms with van der Waals surface area (Å²) in [5.41, 5.74) is 6.17. The van der Waals surface area contributed by atoms with Crippen LogP contribution in [0.2, 0.25) is 6.32 Å². The Kier molecular flexibility index (Phi) is 6.80. The highest BCUT2D eigenvalue weighted by Crippen LogP contribution is 2.38. The molecule has 1 aliphatic carbocycles. The lowest BCUT2D eigenvalue weighted by molar-refractivity contribution is -0.148. The predicted molar refractivity (Wildman–Crippen MR) is 93.2 cm³/mol. The lowest BCUT2D eigenvalue weighted by Crippen LogP contribution is -2.61. The number of carbonyl (C=O) groups is 1. The first-order chi connectivity index (χ1) is 11.4. The van der Waals surface area contributed by atoms with Crippen molar-refractivity contribution in [2.24, 2.45) is 11.7 Å². The maximum Gasteiger partial charge on any atom is 0.451 e. The van der Waals surface area contributed by atoms with Gasteiger partial charge in [-0.2, -0.15) is 0 Å². The van der Waals surface area contributed by atoms with E-state index in [1.807, 2.05) is 18.2 Å².